The van der Waals surface area contributed by atoms with Crippen LogP contribution in [0.15, 0.2) is 28.2 Å². The van der Waals surface area contributed by atoms with E-state index in [-0.39, 0.29) is 12.0 Å². The van der Waals surface area contributed by atoms with E-state index in [1.807, 2.05) is 17.5 Å². The number of carbonyl (C=O) groups is 2. The molecule has 2 rings (SSSR count). The molecule has 0 radical (unpaired) electrons. The third kappa shape index (κ3) is 2.98. The summed E-state index contributed by atoms with van der Waals surface area (Å²) in [6.07, 6.45) is 0. The van der Waals surface area contributed by atoms with Crippen LogP contribution < -0.4 is 10.6 Å². The highest BCUT2D eigenvalue weighted by atomic mass is 79.9. The number of halogens is 1. The maximum absolute atomic E-state index is 12.1. The lowest BCUT2D eigenvalue weighted by atomic mass is 9.93. The summed E-state index contributed by atoms with van der Waals surface area (Å²) in [4.78, 5) is 26.2. The van der Waals surface area contributed by atoms with E-state index in [2.05, 4.69) is 26.6 Å². The van der Waals surface area contributed by atoms with Gasteiger partial charge in [0.15, 0.2) is 0 Å². The van der Waals surface area contributed by atoms with Crippen LogP contribution in [0.4, 0.5) is 4.79 Å². The van der Waals surface area contributed by atoms with Gasteiger partial charge >= 0.3 is 12.0 Å². The highest BCUT2D eigenvalue weighted by molar-refractivity contribution is 9.11. The molecule has 19 heavy (non-hydrogen) atoms. The van der Waals surface area contributed by atoms with Crippen LogP contribution in [0.25, 0.3) is 0 Å². The zero-order valence-electron chi connectivity index (χ0n) is 10.2. The number of rotatable bonds is 3. The summed E-state index contributed by atoms with van der Waals surface area (Å²) in [6.45, 7) is 2.06. The van der Waals surface area contributed by atoms with Crippen LogP contribution in [-0.4, -0.2) is 18.6 Å². The van der Waals surface area contributed by atoms with Gasteiger partial charge in [-0.3, -0.25) is 4.79 Å². The van der Waals surface area contributed by atoms with Crippen LogP contribution >= 0.6 is 27.3 Å². The van der Waals surface area contributed by atoms with Gasteiger partial charge in [-0.05, 0) is 18.4 Å². The number of carbonyl (C=O) groups excluding carboxylic acids is 2. The summed E-state index contributed by atoms with van der Waals surface area (Å²) in [6, 6.07) is 3.04. The van der Waals surface area contributed by atoms with Crippen molar-refractivity contribution in [2.75, 3.05) is 6.61 Å². The van der Waals surface area contributed by atoms with Gasteiger partial charge in [-0.2, -0.15) is 0 Å². The maximum atomic E-state index is 12.1. The van der Waals surface area contributed by atoms with Crippen molar-refractivity contribution in [2.24, 2.45) is 5.92 Å². The normalized spacial score (nSPS) is 24.7. The highest BCUT2D eigenvalue weighted by Gasteiger charge is 2.39. The molecule has 0 aromatic carbocycles. The van der Waals surface area contributed by atoms with Crippen molar-refractivity contribution in [2.45, 2.75) is 13.0 Å². The van der Waals surface area contributed by atoms with Crippen LogP contribution in [0.3, 0.4) is 0 Å². The molecule has 1 aliphatic rings. The molecule has 2 N–H and O–H groups in total. The average molecular weight is 345 g/mol. The molecule has 2 heterocycles. The minimum atomic E-state index is -0.573. The van der Waals surface area contributed by atoms with Crippen molar-refractivity contribution in [3.05, 3.63) is 33.1 Å². The Balaban J connectivity index is 2.35. The second kappa shape index (κ2) is 6.21. The van der Waals surface area contributed by atoms with Gasteiger partial charge in [0.25, 0.3) is 0 Å². The third-order valence-corrected chi connectivity index (χ3v) is 4.17. The molecule has 7 heteroatoms. The SMILES string of the molecule is CCOC(=O)[C@H]1/C(=C\Br)NC(=O)N[C@H]1c1cccs1. The summed E-state index contributed by atoms with van der Waals surface area (Å²) >= 11 is 4.67. The number of urea groups is 1. The number of nitrogens with one attached hydrogen (secondary N) is 2. The summed E-state index contributed by atoms with van der Waals surface area (Å²) < 4.78 is 5.09. The lowest BCUT2D eigenvalue weighted by Gasteiger charge is -2.32. The zero-order chi connectivity index (χ0) is 13.8. The Morgan fingerprint density at radius 1 is 1.63 bits per heavy atom. The Kier molecular flexibility index (Phi) is 4.60. The molecule has 1 fully saturated rings. The topological polar surface area (TPSA) is 67.4 Å². The van der Waals surface area contributed by atoms with Gasteiger partial charge in [0.1, 0.15) is 5.92 Å². The third-order valence-electron chi connectivity index (χ3n) is 2.72. The van der Waals surface area contributed by atoms with Crippen LogP contribution in [-0.2, 0) is 9.53 Å². The van der Waals surface area contributed by atoms with Crippen molar-refractivity contribution in [1.29, 1.82) is 0 Å². The number of hydrogen-bond donors (Lipinski definition) is 2. The molecule has 0 spiro atoms. The summed E-state index contributed by atoms with van der Waals surface area (Å²) in [5.74, 6) is -0.935. The zero-order valence-corrected chi connectivity index (χ0v) is 12.6. The molecule has 1 aromatic heterocycles. The first-order valence-electron chi connectivity index (χ1n) is 5.75. The molecule has 1 aromatic rings. The molecule has 2 amide bonds. The molecule has 1 saturated heterocycles. The molecule has 0 bridgehead atoms. The van der Waals surface area contributed by atoms with Crippen LogP contribution in [0, 0.1) is 5.92 Å². The van der Waals surface area contributed by atoms with Crippen molar-refractivity contribution in [1.82, 2.24) is 10.6 Å². The standard InChI is InChI=1S/C12H13BrN2O3S/c1-2-18-11(16)9-7(6-13)14-12(17)15-10(9)8-4-3-5-19-8/h3-6,9-10H,2H2,1H3,(H2,14,15,17)/b7-6+/t9-,10-/m0/s1. The highest BCUT2D eigenvalue weighted by Crippen LogP contribution is 2.33. The van der Waals surface area contributed by atoms with E-state index in [9.17, 15) is 9.59 Å². The van der Waals surface area contributed by atoms with Crippen LogP contribution in [0.5, 0.6) is 0 Å². The first-order chi connectivity index (χ1) is 9.17. The number of esters is 1. The van der Waals surface area contributed by atoms with E-state index in [1.54, 1.807) is 11.9 Å². The van der Waals surface area contributed by atoms with Gasteiger partial charge in [0.05, 0.1) is 12.6 Å². The number of ether oxygens (including phenoxy) is 1. The largest absolute Gasteiger partial charge is 0.465 e. The van der Waals surface area contributed by atoms with Gasteiger partial charge in [-0.1, -0.05) is 22.0 Å². The van der Waals surface area contributed by atoms with Crippen LogP contribution in [0.2, 0.25) is 0 Å². The first kappa shape index (κ1) is 14.1. The van der Waals surface area contributed by atoms with Gasteiger partial charge in [-0.25, -0.2) is 4.79 Å². The minimum absolute atomic E-state index is 0.302. The molecule has 102 valence electrons. The molecule has 5 nitrogen and oxygen atoms in total. The summed E-state index contributed by atoms with van der Waals surface area (Å²) in [5, 5.41) is 7.29. The summed E-state index contributed by atoms with van der Waals surface area (Å²) in [7, 11) is 0. The average Bonchev–Trinajstić information content (AvgIpc) is 2.91. The number of amides is 2. The summed E-state index contributed by atoms with van der Waals surface area (Å²) in [5.41, 5.74) is 0.501. The second-order valence-electron chi connectivity index (χ2n) is 3.89. The number of thiophene rings is 1. The van der Waals surface area contributed by atoms with Crippen molar-refractivity contribution in [3.8, 4) is 0 Å². The van der Waals surface area contributed by atoms with E-state index in [0.29, 0.717) is 12.3 Å². The van der Waals surface area contributed by atoms with Gasteiger partial charge in [-0.15, -0.1) is 11.3 Å². The first-order valence-corrected chi connectivity index (χ1v) is 7.54. The van der Waals surface area contributed by atoms with E-state index >= 15 is 0 Å². The smallest absolute Gasteiger partial charge is 0.319 e. The Hall–Kier alpha value is -1.34. The Bertz CT molecular complexity index is 501. The van der Waals surface area contributed by atoms with Crippen LogP contribution in [0.1, 0.15) is 17.8 Å². The molecular formula is C12H13BrN2O3S. The number of hydrogen-bond acceptors (Lipinski definition) is 4. The molecule has 0 saturated carbocycles. The lowest BCUT2D eigenvalue weighted by molar-refractivity contribution is -0.147. The van der Waals surface area contributed by atoms with E-state index in [4.69, 9.17) is 4.74 Å². The van der Waals surface area contributed by atoms with E-state index in [1.165, 1.54) is 11.3 Å². The predicted molar refractivity (Wildman–Crippen MR) is 75.9 cm³/mol. The van der Waals surface area contributed by atoms with Gasteiger partial charge in [0, 0.05) is 15.6 Å². The molecule has 2 atom stereocenters. The Morgan fingerprint density at radius 3 is 3.00 bits per heavy atom. The molecule has 0 unspecified atom stereocenters. The fraction of sp³-hybridized carbons (Fsp3) is 0.333. The second-order valence-corrected chi connectivity index (χ2v) is 5.32. The van der Waals surface area contributed by atoms with E-state index in [0.717, 1.165) is 4.88 Å². The van der Waals surface area contributed by atoms with Crippen molar-refractivity contribution >= 4 is 39.3 Å². The molecule has 0 aliphatic carbocycles. The lowest BCUT2D eigenvalue weighted by Crippen LogP contribution is -2.51. The molecular weight excluding hydrogens is 332 g/mol. The van der Waals surface area contributed by atoms with E-state index < -0.39 is 12.0 Å². The maximum Gasteiger partial charge on any atom is 0.319 e. The minimum Gasteiger partial charge on any atom is -0.465 e. The quantitative estimate of drug-likeness (QED) is 0.828. The Labute approximate surface area is 123 Å². The molecule has 1 aliphatic heterocycles. The fourth-order valence-electron chi connectivity index (χ4n) is 1.94. The van der Waals surface area contributed by atoms with Gasteiger partial charge in [0.2, 0.25) is 0 Å². The monoisotopic (exact) mass is 344 g/mol. The van der Waals surface area contributed by atoms with Gasteiger partial charge < -0.3 is 15.4 Å². The van der Waals surface area contributed by atoms with Crippen molar-refractivity contribution in [3.63, 3.8) is 0 Å². The Morgan fingerprint density at radius 2 is 2.42 bits per heavy atom. The van der Waals surface area contributed by atoms with Crippen molar-refractivity contribution < 1.29 is 14.3 Å². The fourth-order valence-corrected chi connectivity index (χ4v) is 3.16. The predicted octanol–water partition coefficient (Wildman–Crippen LogP) is 2.52.